The normalized spacial score (nSPS) is 12.4. The van der Waals surface area contributed by atoms with Crippen LogP contribution in [0.15, 0.2) is 48.5 Å². The standard InChI is InChI=1S/C15H15ClFN/c1-11(13-3-2-4-14(16)9-13)18-10-12-5-7-15(17)8-6-12/h2-9,11,18H,10H2,1H3/t11-/m0/s1. The Morgan fingerprint density at radius 2 is 1.89 bits per heavy atom. The van der Waals surface area contributed by atoms with Gasteiger partial charge in [-0.05, 0) is 42.3 Å². The van der Waals surface area contributed by atoms with Crippen molar-refractivity contribution in [1.29, 1.82) is 0 Å². The van der Waals surface area contributed by atoms with Crippen molar-refractivity contribution in [2.24, 2.45) is 0 Å². The van der Waals surface area contributed by atoms with Gasteiger partial charge in [0.05, 0.1) is 0 Å². The molecule has 18 heavy (non-hydrogen) atoms. The van der Waals surface area contributed by atoms with Crippen molar-refractivity contribution >= 4 is 11.6 Å². The highest BCUT2D eigenvalue weighted by Crippen LogP contribution is 2.17. The minimum Gasteiger partial charge on any atom is -0.306 e. The van der Waals surface area contributed by atoms with Crippen LogP contribution in [0.4, 0.5) is 4.39 Å². The third kappa shape index (κ3) is 3.56. The van der Waals surface area contributed by atoms with Gasteiger partial charge in [0.1, 0.15) is 5.82 Å². The molecule has 0 radical (unpaired) electrons. The molecule has 1 nitrogen and oxygen atoms in total. The summed E-state index contributed by atoms with van der Waals surface area (Å²) < 4.78 is 12.8. The van der Waals surface area contributed by atoms with E-state index >= 15 is 0 Å². The summed E-state index contributed by atoms with van der Waals surface area (Å²) in [6.07, 6.45) is 0. The zero-order valence-electron chi connectivity index (χ0n) is 10.2. The maximum absolute atomic E-state index is 12.8. The largest absolute Gasteiger partial charge is 0.306 e. The van der Waals surface area contributed by atoms with Gasteiger partial charge in [0, 0.05) is 17.6 Å². The zero-order valence-corrected chi connectivity index (χ0v) is 10.9. The molecule has 0 aliphatic carbocycles. The van der Waals surface area contributed by atoms with Gasteiger partial charge in [-0.2, -0.15) is 0 Å². The molecule has 0 aliphatic heterocycles. The van der Waals surface area contributed by atoms with Crippen molar-refractivity contribution in [3.63, 3.8) is 0 Å². The summed E-state index contributed by atoms with van der Waals surface area (Å²) in [5.41, 5.74) is 2.20. The van der Waals surface area contributed by atoms with Gasteiger partial charge < -0.3 is 5.32 Å². The third-order valence-corrected chi connectivity index (χ3v) is 3.11. The summed E-state index contributed by atoms with van der Waals surface area (Å²) in [5, 5.41) is 4.12. The maximum atomic E-state index is 12.8. The molecule has 0 aromatic heterocycles. The zero-order chi connectivity index (χ0) is 13.0. The van der Waals surface area contributed by atoms with Gasteiger partial charge in [0.2, 0.25) is 0 Å². The first-order valence-corrected chi connectivity index (χ1v) is 6.26. The van der Waals surface area contributed by atoms with E-state index in [0.717, 1.165) is 16.1 Å². The molecule has 1 N–H and O–H groups in total. The molecule has 2 aromatic carbocycles. The number of hydrogen-bond donors (Lipinski definition) is 1. The number of hydrogen-bond acceptors (Lipinski definition) is 1. The molecule has 0 bridgehead atoms. The van der Waals surface area contributed by atoms with E-state index in [2.05, 4.69) is 12.2 Å². The predicted octanol–water partition coefficient (Wildman–Crippen LogP) is 4.33. The average molecular weight is 264 g/mol. The van der Waals surface area contributed by atoms with E-state index in [-0.39, 0.29) is 11.9 Å². The van der Waals surface area contributed by atoms with E-state index in [4.69, 9.17) is 11.6 Å². The van der Waals surface area contributed by atoms with Gasteiger partial charge in [0.15, 0.2) is 0 Å². The maximum Gasteiger partial charge on any atom is 0.123 e. The molecule has 1 atom stereocenters. The highest BCUT2D eigenvalue weighted by atomic mass is 35.5. The van der Waals surface area contributed by atoms with Gasteiger partial charge in [-0.3, -0.25) is 0 Å². The number of halogens is 2. The van der Waals surface area contributed by atoms with Crippen molar-refractivity contribution in [1.82, 2.24) is 5.32 Å². The molecule has 0 saturated carbocycles. The van der Waals surface area contributed by atoms with Crippen LogP contribution in [-0.4, -0.2) is 0 Å². The van der Waals surface area contributed by atoms with Crippen molar-refractivity contribution in [2.45, 2.75) is 19.5 Å². The summed E-state index contributed by atoms with van der Waals surface area (Å²) in [7, 11) is 0. The lowest BCUT2D eigenvalue weighted by Gasteiger charge is -2.14. The lowest BCUT2D eigenvalue weighted by molar-refractivity contribution is 0.573. The van der Waals surface area contributed by atoms with Crippen LogP contribution >= 0.6 is 11.6 Å². The Hall–Kier alpha value is -1.38. The van der Waals surface area contributed by atoms with Crippen LogP contribution in [0.5, 0.6) is 0 Å². The van der Waals surface area contributed by atoms with Gasteiger partial charge >= 0.3 is 0 Å². The molecule has 0 heterocycles. The molecular formula is C15H15ClFN. The first-order chi connectivity index (χ1) is 8.65. The summed E-state index contributed by atoms with van der Waals surface area (Å²) >= 11 is 5.95. The molecular weight excluding hydrogens is 249 g/mol. The molecule has 2 rings (SSSR count). The second-order valence-corrected chi connectivity index (χ2v) is 4.72. The lowest BCUT2D eigenvalue weighted by atomic mass is 10.1. The van der Waals surface area contributed by atoms with E-state index in [1.165, 1.54) is 12.1 Å². The monoisotopic (exact) mass is 263 g/mol. The molecule has 0 spiro atoms. The van der Waals surface area contributed by atoms with E-state index in [1.54, 1.807) is 12.1 Å². The summed E-state index contributed by atoms with van der Waals surface area (Å²) in [5.74, 6) is -0.207. The Balaban J connectivity index is 1.96. The fourth-order valence-corrected chi connectivity index (χ4v) is 1.97. The number of rotatable bonds is 4. The summed E-state index contributed by atoms with van der Waals surface area (Å²) in [4.78, 5) is 0. The van der Waals surface area contributed by atoms with Crippen LogP contribution in [-0.2, 0) is 6.54 Å². The van der Waals surface area contributed by atoms with Gasteiger partial charge in [-0.15, -0.1) is 0 Å². The van der Waals surface area contributed by atoms with E-state index in [0.29, 0.717) is 6.54 Å². The van der Waals surface area contributed by atoms with Gasteiger partial charge in [-0.1, -0.05) is 35.9 Å². The van der Waals surface area contributed by atoms with Crippen LogP contribution in [0, 0.1) is 5.82 Å². The molecule has 0 unspecified atom stereocenters. The smallest absolute Gasteiger partial charge is 0.123 e. The minimum atomic E-state index is -0.207. The second kappa shape index (κ2) is 5.98. The number of benzene rings is 2. The van der Waals surface area contributed by atoms with Crippen LogP contribution in [0.3, 0.4) is 0 Å². The highest BCUT2D eigenvalue weighted by molar-refractivity contribution is 6.30. The molecule has 2 aromatic rings. The lowest BCUT2D eigenvalue weighted by Crippen LogP contribution is -2.17. The topological polar surface area (TPSA) is 12.0 Å². The van der Waals surface area contributed by atoms with Crippen molar-refractivity contribution in [3.8, 4) is 0 Å². The van der Waals surface area contributed by atoms with E-state index < -0.39 is 0 Å². The van der Waals surface area contributed by atoms with Crippen LogP contribution in [0.25, 0.3) is 0 Å². The Kier molecular flexibility index (Phi) is 4.34. The van der Waals surface area contributed by atoms with Crippen molar-refractivity contribution < 1.29 is 4.39 Å². The Morgan fingerprint density at radius 1 is 1.17 bits per heavy atom. The minimum absolute atomic E-state index is 0.203. The van der Waals surface area contributed by atoms with Crippen molar-refractivity contribution in [3.05, 3.63) is 70.5 Å². The molecule has 94 valence electrons. The molecule has 0 saturated heterocycles. The van der Waals surface area contributed by atoms with Crippen LogP contribution < -0.4 is 5.32 Å². The average Bonchev–Trinajstić information content (AvgIpc) is 2.38. The van der Waals surface area contributed by atoms with Crippen molar-refractivity contribution in [2.75, 3.05) is 0 Å². The Bertz CT molecular complexity index is 510. The first-order valence-electron chi connectivity index (χ1n) is 5.88. The molecule has 3 heteroatoms. The second-order valence-electron chi connectivity index (χ2n) is 4.28. The molecule has 0 aliphatic rings. The third-order valence-electron chi connectivity index (χ3n) is 2.87. The Labute approximate surface area is 112 Å². The van der Waals surface area contributed by atoms with Gasteiger partial charge in [-0.25, -0.2) is 4.39 Å². The van der Waals surface area contributed by atoms with Gasteiger partial charge in [0.25, 0.3) is 0 Å². The van der Waals surface area contributed by atoms with E-state index in [1.807, 2.05) is 24.3 Å². The SMILES string of the molecule is C[C@H](NCc1ccc(F)cc1)c1cccc(Cl)c1. The molecule has 0 fully saturated rings. The quantitative estimate of drug-likeness (QED) is 0.866. The fraction of sp³-hybridized carbons (Fsp3) is 0.200. The highest BCUT2D eigenvalue weighted by Gasteiger charge is 2.05. The van der Waals surface area contributed by atoms with E-state index in [9.17, 15) is 4.39 Å². The number of nitrogens with one attached hydrogen (secondary N) is 1. The first kappa shape index (κ1) is 13.1. The summed E-state index contributed by atoms with van der Waals surface area (Å²) in [6.45, 7) is 2.78. The predicted molar refractivity (Wildman–Crippen MR) is 73.1 cm³/mol. The fourth-order valence-electron chi connectivity index (χ4n) is 1.77. The Morgan fingerprint density at radius 3 is 2.56 bits per heavy atom. The summed E-state index contributed by atoms with van der Waals surface area (Å²) in [6, 6.07) is 14.5. The molecule has 0 amide bonds. The van der Waals surface area contributed by atoms with Crippen LogP contribution in [0.1, 0.15) is 24.1 Å². The van der Waals surface area contributed by atoms with Crippen LogP contribution in [0.2, 0.25) is 5.02 Å².